The number of carboxylic acids is 1. The van der Waals surface area contributed by atoms with E-state index in [0.717, 1.165) is 35.1 Å². The van der Waals surface area contributed by atoms with Gasteiger partial charge in [-0.1, -0.05) is 6.58 Å². The normalized spacial score (nSPS) is 10.8. The van der Waals surface area contributed by atoms with Crippen molar-refractivity contribution in [2.24, 2.45) is 0 Å². The van der Waals surface area contributed by atoms with Gasteiger partial charge < -0.3 is 19.3 Å². The largest absolute Gasteiger partial charge is 0.481 e. The number of fused-ring (bicyclic) bond motifs is 1. The molecule has 2 aromatic rings. The van der Waals surface area contributed by atoms with E-state index >= 15 is 0 Å². The Balaban J connectivity index is 2.34. The summed E-state index contributed by atoms with van der Waals surface area (Å²) in [5, 5.41) is 18.5. The minimum Gasteiger partial charge on any atom is -0.481 e. The van der Waals surface area contributed by atoms with Crippen LogP contribution in [0.15, 0.2) is 31.0 Å². The van der Waals surface area contributed by atoms with Crippen LogP contribution >= 0.6 is 0 Å². The first-order valence-corrected chi connectivity index (χ1v) is 8.17. The van der Waals surface area contributed by atoms with Crippen molar-refractivity contribution in [2.75, 3.05) is 20.6 Å². The number of rotatable bonds is 9. The van der Waals surface area contributed by atoms with E-state index in [1.165, 1.54) is 0 Å². The van der Waals surface area contributed by atoms with Crippen LogP contribution in [-0.2, 0) is 11.2 Å². The highest BCUT2D eigenvalue weighted by atomic mass is 16.5. The van der Waals surface area contributed by atoms with Gasteiger partial charge in [0.1, 0.15) is 5.75 Å². The molecule has 1 N–H and O–H groups in total. The van der Waals surface area contributed by atoms with Crippen LogP contribution in [0.2, 0.25) is 0 Å². The van der Waals surface area contributed by atoms with Crippen LogP contribution in [0.5, 0.6) is 5.75 Å². The third kappa shape index (κ3) is 4.85. The van der Waals surface area contributed by atoms with Crippen LogP contribution in [0.1, 0.15) is 24.8 Å². The van der Waals surface area contributed by atoms with Gasteiger partial charge in [-0.15, -0.1) is 5.26 Å². The fraction of sp³-hybridized carbons (Fsp3) is 0.368. The van der Waals surface area contributed by atoms with Gasteiger partial charge >= 0.3 is 5.97 Å². The van der Waals surface area contributed by atoms with Gasteiger partial charge in [-0.2, -0.15) is 0 Å². The fourth-order valence-corrected chi connectivity index (χ4v) is 2.76. The molecule has 1 heterocycles. The molecule has 132 valence electrons. The quantitative estimate of drug-likeness (QED) is 0.708. The highest BCUT2D eigenvalue weighted by Crippen LogP contribution is 2.29. The maximum Gasteiger partial charge on any atom is 0.303 e. The average molecular weight is 341 g/mol. The maximum atomic E-state index is 10.7. The summed E-state index contributed by atoms with van der Waals surface area (Å²) in [6.07, 6.45) is 5.90. The van der Waals surface area contributed by atoms with Crippen LogP contribution in [0.25, 0.3) is 16.6 Å². The summed E-state index contributed by atoms with van der Waals surface area (Å²) in [6.45, 7) is 5.01. The molecular weight excluding hydrogens is 318 g/mol. The smallest absolute Gasteiger partial charge is 0.303 e. The zero-order valence-corrected chi connectivity index (χ0v) is 14.7. The van der Waals surface area contributed by atoms with E-state index in [9.17, 15) is 4.79 Å². The standard InChI is InChI=1S/C19H23N3O3/c1-14(5-4-6-19(23)24)22-12-15(9-10-21(2)3)17-11-16(25-13-20)7-8-18(17)22/h7-8,11-12H,1,4-6,9-10H2,2-3H3,(H,23,24). The van der Waals surface area contributed by atoms with E-state index in [4.69, 9.17) is 15.1 Å². The molecule has 0 aliphatic heterocycles. The summed E-state index contributed by atoms with van der Waals surface area (Å²) in [7, 11) is 4.04. The summed E-state index contributed by atoms with van der Waals surface area (Å²) in [6, 6.07) is 5.52. The summed E-state index contributed by atoms with van der Waals surface area (Å²) >= 11 is 0. The second-order valence-corrected chi connectivity index (χ2v) is 6.26. The molecule has 0 unspecified atom stereocenters. The number of benzene rings is 1. The van der Waals surface area contributed by atoms with Crippen LogP contribution < -0.4 is 4.74 Å². The van der Waals surface area contributed by atoms with Crippen LogP contribution in [0, 0.1) is 11.5 Å². The molecule has 6 heteroatoms. The Morgan fingerprint density at radius 1 is 1.40 bits per heavy atom. The molecular formula is C19H23N3O3. The molecule has 0 saturated carbocycles. The first-order valence-electron chi connectivity index (χ1n) is 8.17. The minimum absolute atomic E-state index is 0.131. The van der Waals surface area contributed by atoms with E-state index in [-0.39, 0.29) is 6.42 Å². The van der Waals surface area contributed by atoms with Gasteiger partial charge in [0, 0.05) is 30.2 Å². The maximum absolute atomic E-state index is 10.7. The van der Waals surface area contributed by atoms with E-state index in [2.05, 4.69) is 11.5 Å². The van der Waals surface area contributed by atoms with Gasteiger partial charge in [0.05, 0.1) is 5.52 Å². The van der Waals surface area contributed by atoms with Crippen molar-refractivity contribution >= 4 is 22.6 Å². The molecule has 0 aliphatic carbocycles. The number of nitriles is 1. The lowest BCUT2D eigenvalue weighted by molar-refractivity contribution is -0.137. The molecule has 0 amide bonds. The third-order valence-electron chi connectivity index (χ3n) is 4.05. The monoisotopic (exact) mass is 341 g/mol. The average Bonchev–Trinajstić information content (AvgIpc) is 2.91. The number of nitrogens with zero attached hydrogens (tertiary/aromatic N) is 3. The Bertz CT molecular complexity index is 815. The molecule has 6 nitrogen and oxygen atoms in total. The predicted molar refractivity (Wildman–Crippen MR) is 97.3 cm³/mol. The SMILES string of the molecule is C=C(CCCC(=O)O)n1cc(CCN(C)C)c2cc(OC#N)ccc21. The molecule has 2 rings (SSSR count). The molecule has 0 bridgehead atoms. The van der Waals surface area contributed by atoms with Crippen LogP contribution in [0.4, 0.5) is 0 Å². The summed E-state index contributed by atoms with van der Waals surface area (Å²) in [5.41, 5.74) is 2.99. The first kappa shape index (κ1) is 18.6. The van der Waals surface area contributed by atoms with Gasteiger partial charge in [-0.25, -0.2) is 0 Å². The van der Waals surface area contributed by atoms with Crippen molar-refractivity contribution < 1.29 is 14.6 Å². The van der Waals surface area contributed by atoms with Crippen molar-refractivity contribution in [2.45, 2.75) is 25.7 Å². The van der Waals surface area contributed by atoms with E-state index in [1.54, 1.807) is 12.3 Å². The minimum atomic E-state index is -0.796. The molecule has 25 heavy (non-hydrogen) atoms. The number of hydrogen-bond acceptors (Lipinski definition) is 4. The van der Waals surface area contributed by atoms with E-state index in [0.29, 0.717) is 18.6 Å². The summed E-state index contributed by atoms with van der Waals surface area (Å²) in [4.78, 5) is 12.8. The Kier molecular flexibility index (Phi) is 6.20. The number of aromatic nitrogens is 1. The van der Waals surface area contributed by atoms with Crippen molar-refractivity contribution in [1.29, 1.82) is 5.26 Å². The van der Waals surface area contributed by atoms with Gasteiger partial charge in [-0.3, -0.25) is 4.79 Å². The number of ether oxygens (including phenoxy) is 1. The molecule has 0 saturated heterocycles. The number of aliphatic carboxylic acids is 1. The zero-order chi connectivity index (χ0) is 18.4. The van der Waals surface area contributed by atoms with E-state index in [1.807, 2.05) is 37.0 Å². The first-order chi connectivity index (χ1) is 11.9. The number of likely N-dealkylation sites (N-methyl/N-ethyl adjacent to an activating group) is 1. The second-order valence-electron chi connectivity index (χ2n) is 6.26. The number of allylic oxidation sites excluding steroid dienone is 1. The predicted octanol–water partition coefficient (Wildman–Crippen LogP) is 3.33. The lowest BCUT2D eigenvalue weighted by atomic mass is 10.1. The number of hydrogen-bond donors (Lipinski definition) is 1. The lowest BCUT2D eigenvalue weighted by Crippen LogP contribution is -2.14. The molecule has 0 spiro atoms. The third-order valence-corrected chi connectivity index (χ3v) is 4.05. The molecule has 0 radical (unpaired) electrons. The molecule has 0 aliphatic rings. The highest BCUT2D eigenvalue weighted by molar-refractivity contribution is 5.88. The van der Waals surface area contributed by atoms with Gasteiger partial charge in [0.2, 0.25) is 0 Å². The molecule has 1 aromatic carbocycles. The van der Waals surface area contributed by atoms with Crippen LogP contribution in [-0.4, -0.2) is 41.2 Å². The molecule has 0 fully saturated rings. The van der Waals surface area contributed by atoms with Crippen molar-refractivity contribution in [1.82, 2.24) is 9.47 Å². The van der Waals surface area contributed by atoms with Crippen molar-refractivity contribution in [3.8, 4) is 12.0 Å². The summed E-state index contributed by atoms with van der Waals surface area (Å²) < 4.78 is 6.97. The highest BCUT2D eigenvalue weighted by Gasteiger charge is 2.12. The summed E-state index contributed by atoms with van der Waals surface area (Å²) in [5.74, 6) is -0.287. The topological polar surface area (TPSA) is 78.5 Å². The number of carboxylic acid groups (broad SMARTS) is 1. The number of carbonyl (C=O) groups is 1. The fourth-order valence-electron chi connectivity index (χ4n) is 2.76. The van der Waals surface area contributed by atoms with Gasteiger partial charge in [-0.05, 0) is 57.1 Å². The Hall–Kier alpha value is -2.78. The van der Waals surface area contributed by atoms with Crippen LogP contribution in [0.3, 0.4) is 0 Å². The van der Waals surface area contributed by atoms with Gasteiger partial charge in [0.25, 0.3) is 6.26 Å². The van der Waals surface area contributed by atoms with Gasteiger partial charge in [0.15, 0.2) is 0 Å². The molecule has 0 atom stereocenters. The second kappa shape index (κ2) is 8.36. The zero-order valence-electron chi connectivity index (χ0n) is 14.7. The Morgan fingerprint density at radius 2 is 2.16 bits per heavy atom. The Morgan fingerprint density at radius 3 is 2.80 bits per heavy atom. The lowest BCUT2D eigenvalue weighted by Gasteiger charge is -2.09. The van der Waals surface area contributed by atoms with E-state index < -0.39 is 5.97 Å². The Labute approximate surface area is 147 Å². The molecule has 1 aromatic heterocycles. The van der Waals surface area contributed by atoms with Crippen molar-refractivity contribution in [3.05, 3.63) is 36.5 Å². The van der Waals surface area contributed by atoms with Crippen molar-refractivity contribution in [3.63, 3.8) is 0 Å².